The van der Waals surface area contributed by atoms with Crippen LogP contribution in [0.4, 0.5) is 0 Å². The fourth-order valence-corrected chi connectivity index (χ4v) is 2.34. The quantitative estimate of drug-likeness (QED) is 0.787. The summed E-state index contributed by atoms with van der Waals surface area (Å²) in [7, 11) is 1.56. The molecule has 0 unspecified atom stereocenters. The van der Waals surface area contributed by atoms with Crippen LogP contribution < -0.4 is 10.3 Å². The molecular weight excluding hydrogens is 276 g/mol. The molecule has 0 atom stereocenters. The molecule has 0 saturated carbocycles. The fraction of sp³-hybridized carbons (Fsp3) is 0.0667. The minimum atomic E-state index is -0.203. The topological polar surface area (TPSA) is 55.0 Å². The fourth-order valence-electron chi connectivity index (χ4n) is 2.14. The molecule has 0 radical (unpaired) electrons. The van der Waals surface area contributed by atoms with Crippen molar-refractivity contribution in [1.29, 1.82) is 0 Å². The lowest BCUT2D eigenvalue weighted by atomic mass is 10.0. The number of halogens is 1. The summed E-state index contributed by atoms with van der Waals surface area (Å²) in [6.45, 7) is 0. The van der Waals surface area contributed by atoms with E-state index in [1.807, 2.05) is 24.3 Å². The van der Waals surface area contributed by atoms with Gasteiger partial charge in [-0.25, -0.2) is 5.10 Å². The first-order valence-corrected chi connectivity index (χ1v) is 6.40. The van der Waals surface area contributed by atoms with Crippen molar-refractivity contribution >= 4 is 22.4 Å². The van der Waals surface area contributed by atoms with Gasteiger partial charge in [-0.3, -0.25) is 4.79 Å². The van der Waals surface area contributed by atoms with Gasteiger partial charge in [0.05, 0.1) is 23.2 Å². The Balaban J connectivity index is 2.30. The van der Waals surface area contributed by atoms with Crippen molar-refractivity contribution in [1.82, 2.24) is 10.2 Å². The molecule has 0 aliphatic rings. The molecule has 0 spiro atoms. The van der Waals surface area contributed by atoms with Crippen LogP contribution in [0.2, 0.25) is 5.02 Å². The van der Waals surface area contributed by atoms with E-state index in [4.69, 9.17) is 16.3 Å². The van der Waals surface area contributed by atoms with Gasteiger partial charge < -0.3 is 4.74 Å². The normalized spacial score (nSPS) is 10.7. The zero-order chi connectivity index (χ0) is 14.1. The van der Waals surface area contributed by atoms with Gasteiger partial charge in [0, 0.05) is 10.9 Å². The minimum Gasteiger partial charge on any atom is -0.495 e. The van der Waals surface area contributed by atoms with E-state index in [2.05, 4.69) is 10.2 Å². The van der Waals surface area contributed by atoms with Crippen LogP contribution in [0.5, 0.6) is 5.75 Å². The highest BCUT2D eigenvalue weighted by Crippen LogP contribution is 2.31. The van der Waals surface area contributed by atoms with Crippen molar-refractivity contribution in [2.45, 2.75) is 0 Å². The molecule has 100 valence electrons. The van der Waals surface area contributed by atoms with Crippen LogP contribution in [0.15, 0.2) is 47.3 Å². The SMILES string of the molecule is COc1cc(-c2n[nH]c(=O)c3ccccc23)ccc1Cl. The van der Waals surface area contributed by atoms with E-state index < -0.39 is 0 Å². The van der Waals surface area contributed by atoms with E-state index in [9.17, 15) is 4.79 Å². The molecule has 0 aliphatic heterocycles. The maximum Gasteiger partial charge on any atom is 0.272 e. The summed E-state index contributed by atoms with van der Waals surface area (Å²) in [6, 6.07) is 12.7. The van der Waals surface area contributed by atoms with E-state index in [0.717, 1.165) is 10.9 Å². The van der Waals surface area contributed by atoms with Crippen molar-refractivity contribution in [3.63, 3.8) is 0 Å². The monoisotopic (exact) mass is 286 g/mol. The molecule has 4 nitrogen and oxygen atoms in total. The first-order valence-electron chi connectivity index (χ1n) is 6.02. The smallest absolute Gasteiger partial charge is 0.272 e. The third kappa shape index (κ3) is 2.04. The Bertz CT molecular complexity index is 843. The van der Waals surface area contributed by atoms with Gasteiger partial charge in [0.2, 0.25) is 0 Å². The molecule has 0 amide bonds. The van der Waals surface area contributed by atoms with Gasteiger partial charge in [0.15, 0.2) is 0 Å². The Kier molecular flexibility index (Phi) is 3.16. The van der Waals surface area contributed by atoms with Crippen molar-refractivity contribution in [2.24, 2.45) is 0 Å². The molecule has 1 aromatic heterocycles. The second-order valence-corrected chi connectivity index (χ2v) is 4.70. The molecule has 3 rings (SSSR count). The maximum atomic E-state index is 11.8. The molecule has 1 heterocycles. The highest BCUT2D eigenvalue weighted by molar-refractivity contribution is 6.32. The number of nitrogens with zero attached hydrogens (tertiary/aromatic N) is 1. The van der Waals surface area contributed by atoms with Crippen LogP contribution in [0.25, 0.3) is 22.0 Å². The van der Waals surface area contributed by atoms with Crippen molar-refractivity contribution in [3.8, 4) is 17.0 Å². The summed E-state index contributed by atoms with van der Waals surface area (Å²) < 4.78 is 5.21. The molecular formula is C15H11ClN2O2. The molecule has 20 heavy (non-hydrogen) atoms. The van der Waals surface area contributed by atoms with E-state index in [0.29, 0.717) is 21.9 Å². The average Bonchev–Trinajstić information content (AvgIpc) is 2.49. The maximum absolute atomic E-state index is 11.8. The van der Waals surface area contributed by atoms with Gasteiger partial charge >= 0.3 is 0 Å². The lowest BCUT2D eigenvalue weighted by Crippen LogP contribution is -2.09. The highest BCUT2D eigenvalue weighted by atomic mass is 35.5. The van der Waals surface area contributed by atoms with Crippen molar-refractivity contribution in [2.75, 3.05) is 7.11 Å². The van der Waals surface area contributed by atoms with E-state index in [-0.39, 0.29) is 5.56 Å². The first kappa shape index (κ1) is 12.7. The van der Waals surface area contributed by atoms with Crippen LogP contribution in [0, 0.1) is 0 Å². The van der Waals surface area contributed by atoms with Crippen LogP contribution in [0.1, 0.15) is 0 Å². The Morgan fingerprint density at radius 1 is 1.15 bits per heavy atom. The number of aromatic amines is 1. The molecule has 0 saturated heterocycles. The molecule has 0 aliphatic carbocycles. The van der Waals surface area contributed by atoms with Crippen molar-refractivity contribution < 1.29 is 4.74 Å². The third-order valence-electron chi connectivity index (χ3n) is 3.12. The largest absolute Gasteiger partial charge is 0.495 e. The van der Waals surface area contributed by atoms with Gasteiger partial charge in [-0.15, -0.1) is 0 Å². The van der Waals surface area contributed by atoms with Gasteiger partial charge in [-0.05, 0) is 18.2 Å². The number of H-pyrrole nitrogens is 1. The highest BCUT2D eigenvalue weighted by Gasteiger charge is 2.10. The Morgan fingerprint density at radius 2 is 1.90 bits per heavy atom. The lowest BCUT2D eigenvalue weighted by Gasteiger charge is -2.08. The standard InChI is InChI=1S/C15H11ClN2O2/c1-20-13-8-9(6-7-12(13)16)14-10-4-2-3-5-11(10)15(19)18-17-14/h2-8H,1H3,(H,18,19). The number of methoxy groups -OCH3 is 1. The summed E-state index contributed by atoms with van der Waals surface area (Å²) in [5.41, 5.74) is 1.32. The molecule has 0 bridgehead atoms. The number of aromatic nitrogens is 2. The summed E-state index contributed by atoms with van der Waals surface area (Å²) in [5, 5.41) is 8.59. The first-order chi connectivity index (χ1) is 9.70. The Labute approximate surface area is 120 Å². The molecule has 1 N–H and O–H groups in total. The summed E-state index contributed by atoms with van der Waals surface area (Å²) in [6.07, 6.45) is 0. The van der Waals surface area contributed by atoms with Crippen LogP contribution in [-0.2, 0) is 0 Å². The Hall–Kier alpha value is -2.33. The number of benzene rings is 2. The number of fused-ring (bicyclic) bond motifs is 1. The van der Waals surface area contributed by atoms with Gasteiger partial charge in [-0.1, -0.05) is 35.9 Å². The predicted octanol–water partition coefficient (Wildman–Crippen LogP) is 3.25. The zero-order valence-corrected chi connectivity index (χ0v) is 11.4. The van der Waals surface area contributed by atoms with Crippen LogP contribution >= 0.6 is 11.6 Å². The Morgan fingerprint density at radius 3 is 2.65 bits per heavy atom. The molecule has 0 fully saturated rings. The van der Waals surface area contributed by atoms with Crippen LogP contribution in [0.3, 0.4) is 0 Å². The number of hydrogen-bond donors (Lipinski definition) is 1. The van der Waals surface area contributed by atoms with Gasteiger partial charge in [0.25, 0.3) is 5.56 Å². The third-order valence-corrected chi connectivity index (χ3v) is 3.43. The number of rotatable bonds is 2. The second-order valence-electron chi connectivity index (χ2n) is 4.30. The molecule has 2 aromatic carbocycles. The van der Waals surface area contributed by atoms with E-state index in [1.165, 1.54) is 0 Å². The lowest BCUT2D eigenvalue weighted by molar-refractivity contribution is 0.415. The van der Waals surface area contributed by atoms with Crippen molar-refractivity contribution in [3.05, 3.63) is 57.8 Å². The summed E-state index contributed by atoms with van der Waals surface area (Å²) in [4.78, 5) is 11.8. The average molecular weight is 287 g/mol. The van der Waals surface area contributed by atoms with E-state index in [1.54, 1.807) is 25.3 Å². The molecule has 5 heteroatoms. The number of nitrogens with one attached hydrogen (secondary N) is 1. The van der Waals surface area contributed by atoms with Gasteiger partial charge in [0.1, 0.15) is 5.75 Å². The second kappa shape index (κ2) is 4.98. The number of ether oxygens (including phenoxy) is 1. The summed E-state index contributed by atoms with van der Waals surface area (Å²) >= 11 is 6.02. The zero-order valence-electron chi connectivity index (χ0n) is 10.7. The number of hydrogen-bond acceptors (Lipinski definition) is 3. The minimum absolute atomic E-state index is 0.203. The van der Waals surface area contributed by atoms with E-state index >= 15 is 0 Å². The van der Waals surface area contributed by atoms with Gasteiger partial charge in [-0.2, -0.15) is 5.10 Å². The predicted molar refractivity (Wildman–Crippen MR) is 79.4 cm³/mol. The summed E-state index contributed by atoms with van der Waals surface area (Å²) in [5.74, 6) is 0.571. The van der Waals surface area contributed by atoms with Crippen LogP contribution in [-0.4, -0.2) is 17.3 Å². The molecule has 3 aromatic rings.